The molecule has 0 fully saturated rings. The van der Waals surface area contributed by atoms with E-state index in [0.29, 0.717) is 0 Å². The lowest BCUT2D eigenvalue weighted by Gasteiger charge is -2.14. The van der Waals surface area contributed by atoms with E-state index in [2.05, 4.69) is 0 Å². The van der Waals surface area contributed by atoms with Crippen LogP contribution in [-0.4, -0.2) is 5.84 Å². The fraction of sp³-hybridized carbons (Fsp3) is 0. The van der Waals surface area contributed by atoms with E-state index in [-0.39, 0.29) is 12.0 Å². The second-order valence-electron chi connectivity index (χ2n) is 2.49. The largest absolute Gasteiger partial charge is 0.346 e. The molecule has 0 aliphatic rings. The molecule has 0 heterocycles. The number of hydrogen-bond donors (Lipinski definition) is 4. The predicted molar refractivity (Wildman–Crippen MR) is 47.4 cm³/mol. The van der Waals surface area contributed by atoms with Gasteiger partial charge in [-0.05, 0) is 0 Å². The normalized spacial score (nSPS) is 9.50. The summed E-state index contributed by atoms with van der Waals surface area (Å²) in [5.41, 5.74) is 17.6. The molecule has 1 aromatic rings. The van der Waals surface area contributed by atoms with E-state index in [9.17, 15) is 0 Å². The van der Waals surface area contributed by atoms with E-state index in [0.717, 1.165) is 11.1 Å². The minimum atomic E-state index is 0.262. The first-order valence-corrected chi connectivity index (χ1v) is 3.48. The van der Waals surface area contributed by atoms with Gasteiger partial charge in [0.05, 0.1) is 0 Å². The molecule has 0 saturated carbocycles. The summed E-state index contributed by atoms with van der Waals surface area (Å²) in [6, 6.07) is 7.12. The molecule has 0 atom stereocenters. The lowest BCUT2D eigenvalue weighted by molar-refractivity contribution is -0.114. The molecule has 8 N–H and O–H groups in total. The second kappa shape index (κ2) is 3.25. The van der Waals surface area contributed by atoms with Gasteiger partial charge in [-0.15, -0.1) is 12.1 Å². The monoisotopic (exact) mass is 164 g/mol. The van der Waals surface area contributed by atoms with Crippen molar-refractivity contribution in [3.05, 3.63) is 41.6 Å². The minimum Gasteiger partial charge on any atom is -0.346 e. The summed E-state index contributed by atoms with van der Waals surface area (Å²) in [7, 11) is 0. The summed E-state index contributed by atoms with van der Waals surface area (Å²) in [5, 5.41) is 5.39. The first kappa shape index (κ1) is 8.58. The van der Waals surface area contributed by atoms with Crippen LogP contribution in [0.25, 0.3) is 0 Å². The van der Waals surface area contributed by atoms with Crippen molar-refractivity contribution in [1.82, 2.24) is 0 Å². The lowest BCUT2D eigenvalue weighted by Crippen LogP contribution is -2.46. The Hall–Kier alpha value is -1.52. The van der Waals surface area contributed by atoms with Gasteiger partial charge in [0.1, 0.15) is 0 Å². The molecule has 4 heteroatoms. The Kier molecular flexibility index (Phi) is 2.32. The van der Waals surface area contributed by atoms with Gasteiger partial charge in [-0.1, -0.05) is 12.2 Å². The Morgan fingerprint density at radius 1 is 1.33 bits per heavy atom. The molecule has 0 aliphatic carbocycles. The number of benzene rings is 1. The van der Waals surface area contributed by atoms with Crippen molar-refractivity contribution in [3.63, 3.8) is 0 Å². The molecule has 12 heavy (non-hydrogen) atoms. The molecule has 0 bridgehead atoms. The van der Waals surface area contributed by atoms with Crippen LogP contribution in [0.2, 0.25) is 0 Å². The highest BCUT2D eigenvalue weighted by molar-refractivity contribution is 5.92. The van der Waals surface area contributed by atoms with E-state index in [1.807, 2.05) is 0 Å². The summed E-state index contributed by atoms with van der Waals surface area (Å²) >= 11 is 0. The Labute approximate surface area is 70.9 Å². The van der Waals surface area contributed by atoms with E-state index in [4.69, 9.17) is 22.6 Å². The first-order valence-electron chi connectivity index (χ1n) is 3.48. The van der Waals surface area contributed by atoms with Crippen molar-refractivity contribution < 1.29 is 5.41 Å². The lowest BCUT2D eigenvalue weighted by atomic mass is 10.1. The van der Waals surface area contributed by atoms with Gasteiger partial charge in [-0.3, -0.25) is 11.1 Å². The maximum absolute atomic E-state index is 5.39. The maximum atomic E-state index is 5.39. The van der Waals surface area contributed by atoms with Gasteiger partial charge in [-0.25, -0.2) is 0 Å². The summed E-state index contributed by atoms with van der Waals surface area (Å²) in [6.45, 7) is 0. The Morgan fingerprint density at radius 3 is 2.50 bits per heavy atom. The van der Waals surface area contributed by atoms with E-state index >= 15 is 0 Å². The van der Waals surface area contributed by atoms with Crippen LogP contribution in [-0.2, 0) is 0 Å². The average Bonchev–Trinajstić information content (AvgIpc) is 2.04. The topological polar surface area (TPSA) is 104 Å². The van der Waals surface area contributed by atoms with Crippen molar-refractivity contribution in [2.45, 2.75) is 0 Å². The van der Waals surface area contributed by atoms with Gasteiger partial charge in [0.25, 0.3) is 5.84 Å². The number of rotatable bonds is 2. The molecule has 0 unspecified atom stereocenters. The van der Waals surface area contributed by atoms with Crippen molar-refractivity contribution in [2.24, 2.45) is 17.2 Å². The summed E-state index contributed by atoms with van der Waals surface area (Å²) in [4.78, 5) is 0. The molecule has 0 radical (unpaired) electrons. The average molecular weight is 164 g/mol. The van der Waals surface area contributed by atoms with Gasteiger partial charge in [0.15, 0.2) is 0 Å². The van der Waals surface area contributed by atoms with Crippen molar-refractivity contribution >= 4 is 5.84 Å². The van der Waals surface area contributed by atoms with Crippen LogP contribution in [0, 0.1) is 6.17 Å². The third kappa shape index (κ3) is 1.75. The Balaban J connectivity index is 3.04. The highest BCUT2D eigenvalue weighted by atomic mass is 14.8. The molecule has 64 valence electrons. The van der Waals surface area contributed by atoms with Crippen LogP contribution in [0.4, 0.5) is 0 Å². The number of amidine groups is 1. The SMILES string of the molecule is NC(=[NH2+])c1cccc([C-](N)N)c1. The third-order valence-corrected chi connectivity index (χ3v) is 1.53. The molecule has 1 rings (SSSR count). The Bertz CT molecular complexity index is 293. The minimum absolute atomic E-state index is 0.262. The maximum Gasteiger partial charge on any atom is 0.258 e. The second-order valence-corrected chi connectivity index (χ2v) is 2.49. The van der Waals surface area contributed by atoms with E-state index in [1.165, 1.54) is 0 Å². The highest BCUT2D eigenvalue weighted by Gasteiger charge is 1.97. The van der Waals surface area contributed by atoms with Crippen LogP contribution in [0.3, 0.4) is 0 Å². The summed E-state index contributed by atoms with van der Waals surface area (Å²) in [5.74, 6) is 0.262. The molecule has 0 aromatic heterocycles. The van der Waals surface area contributed by atoms with Crippen LogP contribution < -0.4 is 22.6 Å². The zero-order valence-corrected chi connectivity index (χ0v) is 6.62. The standard InChI is InChI=1S/C8H11N4/c9-7(10)5-2-1-3-6(4-5)8(11)12/h1-4H,9-10H2,(H3,11,12)/q-1/p+1. The molecule has 4 nitrogen and oxygen atoms in total. The van der Waals surface area contributed by atoms with Crippen LogP contribution in [0.15, 0.2) is 24.3 Å². The predicted octanol–water partition coefficient (Wildman–Crippen LogP) is -2.09. The highest BCUT2D eigenvalue weighted by Crippen LogP contribution is 2.06. The van der Waals surface area contributed by atoms with E-state index in [1.54, 1.807) is 24.3 Å². The molecule has 0 amide bonds. The van der Waals surface area contributed by atoms with Gasteiger partial charge < -0.3 is 11.5 Å². The fourth-order valence-corrected chi connectivity index (χ4v) is 0.878. The van der Waals surface area contributed by atoms with Gasteiger partial charge in [0, 0.05) is 5.56 Å². The smallest absolute Gasteiger partial charge is 0.258 e. The van der Waals surface area contributed by atoms with E-state index < -0.39 is 0 Å². The summed E-state index contributed by atoms with van der Waals surface area (Å²) < 4.78 is 0. The zero-order chi connectivity index (χ0) is 9.14. The molecule has 1 aromatic carbocycles. The van der Waals surface area contributed by atoms with Crippen LogP contribution >= 0.6 is 0 Å². The van der Waals surface area contributed by atoms with Gasteiger partial charge in [-0.2, -0.15) is 11.6 Å². The molecular weight excluding hydrogens is 152 g/mol. The quantitative estimate of drug-likeness (QED) is 0.229. The molecule has 0 saturated heterocycles. The van der Waals surface area contributed by atoms with Crippen molar-refractivity contribution in [1.29, 1.82) is 0 Å². The zero-order valence-electron chi connectivity index (χ0n) is 6.62. The van der Waals surface area contributed by atoms with Gasteiger partial charge >= 0.3 is 0 Å². The van der Waals surface area contributed by atoms with Crippen LogP contribution in [0.5, 0.6) is 0 Å². The molecular formula is C8H12N4. The molecule has 0 spiro atoms. The summed E-state index contributed by atoms with van der Waals surface area (Å²) in [6.07, 6.45) is 0.262. The Morgan fingerprint density at radius 2 is 2.00 bits per heavy atom. The van der Waals surface area contributed by atoms with Gasteiger partial charge in [0.2, 0.25) is 0 Å². The van der Waals surface area contributed by atoms with Crippen molar-refractivity contribution in [2.75, 3.05) is 0 Å². The number of nitrogens with two attached hydrogens (primary N) is 4. The number of hydrogen-bond acceptors (Lipinski definition) is 2. The molecule has 0 aliphatic heterocycles. The van der Waals surface area contributed by atoms with Crippen LogP contribution in [0.1, 0.15) is 11.1 Å². The van der Waals surface area contributed by atoms with Crippen molar-refractivity contribution in [3.8, 4) is 0 Å². The third-order valence-electron chi connectivity index (χ3n) is 1.53. The fourth-order valence-electron chi connectivity index (χ4n) is 0.878. The first-order chi connectivity index (χ1) is 5.61.